The number of ether oxygens (including phenoxy) is 2. The van der Waals surface area contributed by atoms with Crippen molar-refractivity contribution in [1.29, 1.82) is 0 Å². The number of carbonyl (C=O) groups is 1. The van der Waals surface area contributed by atoms with Crippen LogP contribution in [0.15, 0.2) is 66.7 Å². The minimum absolute atomic E-state index is 0.123. The molecule has 164 valence electrons. The highest BCUT2D eigenvalue weighted by Gasteiger charge is 2.25. The molecular weight excluding hydrogens is 406 g/mol. The Morgan fingerprint density at radius 2 is 1.59 bits per heavy atom. The van der Waals surface area contributed by atoms with Crippen molar-refractivity contribution in [3.63, 3.8) is 0 Å². The summed E-state index contributed by atoms with van der Waals surface area (Å²) in [6, 6.07) is 20.0. The van der Waals surface area contributed by atoms with E-state index in [4.69, 9.17) is 9.47 Å². The summed E-state index contributed by atoms with van der Waals surface area (Å²) in [5.74, 6) is -0.0818. The summed E-state index contributed by atoms with van der Waals surface area (Å²) >= 11 is 0. The second kappa shape index (κ2) is 8.34. The molecule has 0 amide bonds. The maximum atomic E-state index is 12.1. The molecule has 1 heterocycles. The number of rotatable bonds is 6. The van der Waals surface area contributed by atoms with Crippen molar-refractivity contribution < 1.29 is 19.4 Å². The third kappa shape index (κ3) is 4.27. The maximum absolute atomic E-state index is 12.1. The lowest BCUT2D eigenvalue weighted by molar-refractivity contribution is -0.145. The molecule has 1 unspecified atom stereocenters. The van der Waals surface area contributed by atoms with Crippen LogP contribution in [-0.4, -0.2) is 33.2 Å². The predicted molar refractivity (Wildman–Crippen MR) is 122 cm³/mol. The number of nitrogens with zero attached hydrogens (tertiary/aromatic N) is 3. The van der Waals surface area contributed by atoms with Gasteiger partial charge < -0.3 is 14.6 Å². The highest BCUT2D eigenvalue weighted by molar-refractivity contribution is 5.76. The van der Waals surface area contributed by atoms with Crippen molar-refractivity contribution in [2.75, 3.05) is 7.11 Å². The van der Waals surface area contributed by atoms with Gasteiger partial charge in [-0.25, -0.2) is 4.79 Å². The lowest BCUT2D eigenvalue weighted by atomic mass is 9.87. The Morgan fingerprint density at radius 1 is 0.969 bits per heavy atom. The topological polar surface area (TPSA) is 86.5 Å². The van der Waals surface area contributed by atoms with E-state index in [1.807, 2.05) is 36.4 Å². The molecule has 0 aliphatic carbocycles. The smallest absolute Gasteiger partial charge is 0.349 e. The minimum Gasteiger partial charge on any atom is -0.497 e. The largest absolute Gasteiger partial charge is 0.497 e. The first-order valence-electron chi connectivity index (χ1n) is 10.3. The summed E-state index contributed by atoms with van der Waals surface area (Å²) in [7, 11) is 1.56. The Labute approximate surface area is 186 Å². The Kier molecular flexibility index (Phi) is 5.57. The third-order valence-corrected chi connectivity index (χ3v) is 5.21. The maximum Gasteiger partial charge on any atom is 0.349 e. The van der Waals surface area contributed by atoms with Crippen LogP contribution in [0.5, 0.6) is 11.5 Å². The number of aromatic nitrogens is 3. The van der Waals surface area contributed by atoms with Gasteiger partial charge in [-0.2, -0.15) is 0 Å². The van der Waals surface area contributed by atoms with E-state index in [-0.39, 0.29) is 5.41 Å². The van der Waals surface area contributed by atoms with Crippen molar-refractivity contribution in [3.05, 3.63) is 77.9 Å². The molecule has 3 aromatic carbocycles. The lowest BCUT2D eigenvalue weighted by Crippen LogP contribution is -2.20. The zero-order valence-corrected chi connectivity index (χ0v) is 18.4. The average molecular weight is 431 g/mol. The molecular formula is C25H25N3O4. The number of carboxylic acids is 1. The van der Waals surface area contributed by atoms with Gasteiger partial charge in [-0.05, 0) is 47.4 Å². The van der Waals surface area contributed by atoms with Crippen LogP contribution in [0.2, 0.25) is 0 Å². The van der Waals surface area contributed by atoms with E-state index in [0.717, 1.165) is 16.6 Å². The second-order valence-electron chi connectivity index (χ2n) is 8.52. The molecule has 0 aliphatic heterocycles. The van der Waals surface area contributed by atoms with Gasteiger partial charge in [0.2, 0.25) is 6.10 Å². The Hall–Kier alpha value is -3.87. The first kappa shape index (κ1) is 21.4. The number of aliphatic carboxylic acids is 1. The van der Waals surface area contributed by atoms with Gasteiger partial charge in [-0.1, -0.05) is 51.1 Å². The van der Waals surface area contributed by atoms with E-state index in [1.54, 1.807) is 37.4 Å². The molecule has 0 aliphatic rings. The number of hydrogen-bond donors (Lipinski definition) is 1. The summed E-state index contributed by atoms with van der Waals surface area (Å²) in [5.41, 5.74) is 3.49. The van der Waals surface area contributed by atoms with E-state index in [2.05, 4.69) is 31.0 Å². The number of methoxy groups -OCH3 is 1. The first-order chi connectivity index (χ1) is 15.3. The van der Waals surface area contributed by atoms with Crippen LogP contribution in [0.3, 0.4) is 0 Å². The van der Waals surface area contributed by atoms with Gasteiger partial charge in [0.15, 0.2) is 0 Å². The summed E-state index contributed by atoms with van der Waals surface area (Å²) in [6.45, 7) is 6.32. The van der Waals surface area contributed by atoms with E-state index in [1.165, 1.54) is 4.80 Å². The fraction of sp³-hybridized carbons (Fsp3) is 0.240. The molecule has 32 heavy (non-hydrogen) atoms. The normalized spacial score (nSPS) is 12.5. The third-order valence-electron chi connectivity index (χ3n) is 5.21. The molecule has 4 rings (SSSR count). The highest BCUT2D eigenvalue weighted by atomic mass is 16.5. The summed E-state index contributed by atoms with van der Waals surface area (Å²) in [5, 5.41) is 19.0. The van der Waals surface area contributed by atoms with Crippen LogP contribution in [0.4, 0.5) is 0 Å². The van der Waals surface area contributed by atoms with E-state index in [0.29, 0.717) is 22.7 Å². The molecule has 0 radical (unpaired) electrons. The van der Waals surface area contributed by atoms with E-state index in [9.17, 15) is 9.90 Å². The fourth-order valence-corrected chi connectivity index (χ4v) is 3.37. The lowest BCUT2D eigenvalue weighted by Gasteiger charge is -2.22. The van der Waals surface area contributed by atoms with Crippen LogP contribution in [0, 0.1) is 0 Å². The van der Waals surface area contributed by atoms with Gasteiger partial charge in [0.05, 0.1) is 7.11 Å². The van der Waals surface area contributed by atoms with Gasteiger partial charge in [-0.15, -0.1) is 15.0 Å². The van der Waals surface area contributed by atoms with Crippen LogP contribution in [0.1, 0.15) is 38.0 Å². The van der Waals surface area contributed by atoms with Crippen molar-refractivity contribution in [3.8, 4) is 17.2 Å². The number of hydrogen-bond acceptors (Lipinski definition) is 5. The molecule has 7 nitrogen and oxygen atoms in total. The zero-order valence-electron chi connectivity index (χ0n) is 18.4. The Bertz CT molecular complexity index is 1220. The molecule has 1 N–H and O–H groups in total. The predicted octanol–water partition coefficient (Wildman–Crippen LogP) is 4.93. The quantitative estimate of drug-likeness (QED) is 0.466. The van der Waals surface area contributed by atoms with Crippen molar-refractivity contribution >= 4 is 17.0 Å². The second-order valence-corrected chi connectivity index (χ2v) is 8.52. The molecule has 0 bridgehead atoms. The number of carboxylic acid groups (broad SMARTS) is 1. The zero-order chi connectivity index (χ0) is 22.9. The summed E-state index contributed by atoms with van der Waals surface area (Å²) in [6.07, 6.45) is -1.20. The van der Waals surface area contributed by atoms with Crippen molar-refractivity contribution in [2.24, 2.45) is 0 Å². The molecule has 7 heteroatoms. The summed E-state index contributed by atoms with van der Waals surface area (Å²) < 4.78 is 11.2. The monoisotopic (exact) mass is 431 g/mol. The van der Waals surface area contributed by atoms with Gasteiger partial charge >= 0.3 is 5.97 Å². The molecule has 1 atom stereocenters. The standard InChI is InChI=1S/C25H25N3O4/c1-25(2,3)17-11-14-22(21(15-17)28-26-19-7-5-6-8-20(19)27-28)32-23(24(29)30)16-9-12-18(31-4)13-10-16/h5-15,23H,1-4H3,(H,29,30). The first-order valence-corrected chi connectivity index (χ1v) is 10.3. The number of fused-ring (bicyclic) bond motifs is 1. The van der Waals surface area contributed by atoms with E-state index < -0.39 is 12.1 Å². The fourth-order valence-electron chi connectivity index (χ4n) is 3.37. The Balaban J connectivity index is 1.80. The molecule has 0 fully saturated rings. The minimum atomic E-state index is -1.20. The van der Waals surface area contributed by atoms with Crippen molar-refractivity contribution in [2.45, 2.75) is 32.3 Å². The SMILES string of the molecule is COc1ccc(C(Oc2ccc(C(C)(C)C)cc2-n2nc3ccccc3n2)C(=O)O)cc1. The van der Waals surface area contributed by atoms with Crippen LogP contribution in [-0.2, 0) is 10.2 Å². The van der Waals surface area contributed by atoms with Crippen LogP contribution in [0.25, 0.3) is 16.7 Å². The van der Waals surface area contributed by atoms with E-state index >= 15 is 0 Å². The van der Waals surface area contributed by atoms with Crippen LogP contribution < -0.4 is 9.47 Å². The molecule has 4 aromatic rings. The average Bonchev–Trinajstić information content (AvgIpc) is 3.21. The van der Waals surface area contributed by atoms with Crippen LogP contribution >= 0.6 is 0 Å². The summed E-state index contributed by atoms with van der Waals surface area (Å²) in [4.78, 5) is 13.6. The molecule has 0 saturated carbocycles. The van der Waals surface area contributed by atoms with Gasteiger partial charge in [0, 0.05) is 5.56 Å². The van der Waals surface area contributed by atoms with Crippen molar-refractivity contribution in [1.82, 2.24) is 15.0 Å². The highest BCUT2D eigenvalue weighted by Crippen LogP contribution is 2.33. The molecule has 0 saturated heterocycles. The van der Waals surface area contributed by atoms with Gasteiger partial charge in [-0.3, -0.25) is 0 Å². The van der Waals surface area contributed by atoms with Gasteiger partial charge in [0.1, 0.15) is 28.2 Å². The van der Waals surface area contributed by atoms with Gasteiger partial charge in [0.25, 0.3) is 0 Å². The number of benzene rings is 3. The molecule has 0 spiro atoms. The molecule has 1 aromatic heterocycles. The Morgan fingerprint density at radius 3 is 2.12 bits per heavy atom.